The number of aliphatic carboxylic acids is 1. The molecular formula is C14H16N2O5S2. The summed E-state index contributed by atoms with van der Waals surface area (Å²) in [6.45, 7) is 2.37. The largest absolute Gasteiger partial charge is 0.481 e. The fourth-order valence-electron chi connectivity index (χ4n) is 2.63. The van der Waals surface area contributed by atoms with Crippen LogP contribution in [-0.4, -0.2) is 54.6 Å². The highest BCUT2D eigenvalue weighted by atomic mass is 32.2. The summed E-state index contributed by atoms with van der Waals surface area (Å²) in [6.07, 6.45) is -0.277. The number of hydrogen-bond acceptors (Lipinski definition) is 6. The number of carbonyl (C=O) groups is 1. The smallest absolute Gasteiger partial charge is 0.305 e. The summed E-state index contributed by atoms with van der Waals surface area (Å²) in [5, 5.41) is 9.85. The van der Waals surface area contributed by atoms with Crippen LogP contribution in [0.4, 0.5) is 0 Å². The van der Waals surface area contributed by atoms with E-state index < -0.39 is 22.0 Å². The van der Waals surface area contributed by atoms with Gasteiger partial charge in [-0.15, -0.1) is 11.3 Å². The predicted octanol–water partition coefficient (Wildman–Crippen LogP) is 1.47. The van der Waals surface area contributed by atoms with Crippen LogP contribution in [0.25, 0.3) is 10.2 Å². The van der Waals surface area contributed by atoms with Gasteiger partial charge in [0.15, 0.2) is 0 Å². The third-order valence-corrected chi connectivity index (χ3v) is 6.54. The highest BCUT2D eigenvalue weighted by Crippen LogP contribution is 2.28. The molecule has 0 bridgehead atoms. The van der Waals surface area contributed by atoms with E-state index in [-0.39, 0.29) is 31.1 Å². The van der Waals surface area contributed by atoms with Gasteiger partial charge in [0.25, 0.3) is 0 Å². The Morgan fingerprint density at radius 3 is 3.04 bits per heavy atom. The number of fused-ring (bicyclic) bond motifs is 1. The Morgan fingerprint density at radius 1 is 1.52 bits per heavy atom. The summed E-state index contributed by atoms with van der Waals surface area (Å²) >= 11 is 1.43. The number of sulfonamides is 1. The number of rotatable bonds is 4. The van der Waals surface area contributed by atoms with Crippen LogP contribution >= 0.6 is 11.3 Å². The van der Waals surface area contributed by atoms with Crippen LogP contribution in [0.1, 0.15) is 11.4 Å². The van der Waals surface area contributed by atoms with Gasteiger partial charge in [-0.05, 0) is 25.1 Å². The van der Waals surface area contributed by atoms with Crippen molar-refractivity contribution < 1.29 is 23.1 Å². The van der Waals surface area contributed by atoms with Crippen molar-refractivity contribution in [2.45, 2.75) is 24.3 Å². The molecule has 9 heteroatoms. The molecule has 0 saturated carbocycles. The second-order valence-electron chi connectivity index (χ2n) is 5.30. The average Bonchev–Trinajstić information content (AvgIpc) is 2.86. The summed E-state index contributed by atoms with van der Waals surface area (Å²) in [5.41, 5.74) is 0.760. The molecule has 1 atom stereocenters. The maximum Gasteiger partial charge on any atom is 0.305 e. The minimum atomic E-state index is -3.77. The minimum Gasteiger partial charge on any atom is -0.481 e. The molecule has 1 aromatic carbocycles. The molecule has 2 aromatic rings. The molecule has 2 heterocycles. The number of carboxylic acid groups (broad SMARTS) is 1. The summed E-state index contributed by atoms with van der Waals surface area (Å²) in [7, 11) is -3.77. The fraction of sp³-hybridized carbons (Fsp3) is 0.429. The van der Waals surface area contributed by atoms with E-state index in [0.29, 0.717) is 0 Å². The monoisotopic (exact) mass is 356 g/mol. The fourth-order valence-corrected chi connectivity index (χ4v) is 5.20. The molecule has 0 radical (unpaired) electrons. The summed E-state index contributed by atoms with van der Waals surface area (Å²) < 4.78 is 33.1. The van der Waals surface area contributed by atoms with Crippen LogP contribution in [0, 0.1) is 6.92 Å². The van der Waals surface area contributed by atoms with Crippen molar-refractivity contribution in [3.8, 4) is 0 Å². The predicted molar refractivity (Wildman–Crippen MR) is 85.1 cm³/mol. The Balaban J connectivity index is 1.98. The number of hydrogen-bond donors (Lipinski definition) is 1. The van der Waals surface area contributed by atoms with Crippen molar-refractivity contribution in [3.63, 3.8) is 0 Å². The minimum absolute atomic E-state index is 0.0907. The first-order chi connectivity index (χ1) is 10.9. The molecule has 1 aromatic heterocycles. The van der Waals surface area contributed by atoms with E-state index in [1.165, 1.54) is 21.7 Å². The van der Waals surface area contributed by atoms with Gasteiger partial charge < -0.3 is 9.84 Å². The van der Waals surface area contributed by atoms with Gasteiger partial charge in [-0.3, -0.25) is 4.79 Å². The first kappa shape index (κ1) is 16.3. The normalized spacial score (nSPS) is 20.0. The van der Waals surface area contributed by atoms with E-state index in [9.17, 15) is 13.2 Å². The molecule has 3 rings (SSSR count). The van der Waals surface area contributed by atoms with Crippen molar-refractivity contribution in [2.24, 2.45) is 0 Å². The lowest BCUT2D eigenvalue weighted by molar-refractivity contribution is -0.139. The number of aromatic nitrogens is 1. The molecule has 1 aliphatic heterocycles. The van der Waals surface area contributed by atoms with Gasteiger partial charge in [0.05, 0.1) is 45.8 Å². The number of carboxylic acids is 1. The molecule has 7 nitrogen and oxygen atoms in total. The lowest BCUT2D eigenvalue weighted by Crippen LogP contribution is -2.49. The lowest BCUT2D eigenvalue weighted by Gasteiger charge is -2.33. The van der Waals surface area contributed by atoms with E-state index in [0.717, 1.165) is 15.2 Å². The average molecular weight is 356 g/mol. The zero-order valence-electron chi connectivity index (χ0n) is 12.4. The molecular weight excluding hydrogens is 340 g/mol. The first-order valence-corrected chi connectivity index (χ1v) is 9.32. The van der Waals surface area contributed by atoms with E-state index >= 15 is 0 Å². The Bertz CT molecular complexity index is 846. The van der Waals surface area contributed by atoms with Gasteiger partial charge in [-0.1, -0.05) is 0 Å². The number of nitrogens with zero attached hydrogens (tertiary/aromatic N) is 2. The Labute approximate surface area is 137 Å². The van der Waals surface area contributed by atoms with Crippen LogP contribution < -0.4 is 0 Å². The molecule has 23 heavy (non-hydrogen) atoms. The van der Waals surface area contributed by atoms with Crippen LogP contribution in [-0.2, 0) is 19.6 Å². The van der Waals surface area contributed by atoms with Crippen molar-refractivity contribution in [2.75, 3.05) is 19.8 Å². The highest BCUT2D eigenvalue weighted by molar-refractivity contribution is 7.89. The molecule has 1 aliphatic rings. The zero-order chi connectivity index (χ0) is 16.6. The molecule has 0 spiro atoms. The summed E-state index contributed by atoms with van der Waals surface area (Å²) in [6, 6.07) is 4.11. The standard InChI is InChI=1S/C14H16N2O5S2/c1-9-15-12-3-2-11(7-13(12)22-9)23(19,20)16-4-5-21-8-10(16)6-14(17)18/h2-3,7,10H,4-6,8H2,1H3,(H,17,18). The second kappa shape index (κ2) is 6.16. The molecule has 1 saturated heterocycles. The number of aryl methyl sites for hydroxylation is 1. The zero-order valence-corrected chi connectivity index (χ0v) is 14.1. The van der Waals surface area contributed by atoms with Gasteiger partial charge in [-0.25, -0.2) is 13.4 Å². The summed E-state index contributed by atoms with van der Waals surface area (Å²) in [4.78, 5) is 15.4. The van der Waals surface area contributed by atoms with E-state index in [1.54, 1.807) is 12.1 Å². The number of benzene rings is 1. The quantitative estimate of drug-likeness (QED) is 0.891. The molecule has 124 valence electrons. The molecule has 0 aliphatic carbocycles. The highest BCUT2D eigenvalue weighted by Gasteiger charge is 2.35. The Kier molecular flexibility index (Phi) is 4.37. The van der Waals surface area contributed by atoms with Crippen LogP contribution in [0.2, 0.25) is 0 Å². The third kappa shape index (κ3) is 3.23. The van der Waals surface area contributed by atoms with Crippen LogP contribution in [0.15, 0.2) is 23.1 Å². The maximum absolute atomic E-state index is 12.9. The number of thiazole rings is 1. The number of morpholine rings is 1. The molecule has 0 amide bonds. The maximum atomic E-state index is 12.9. The SMILES string of the molecule is Cc1nc2ccc(S(=O)(=O)N3CCOCC3CC(=O)O)cc2s1. The molecule has 1 N–H and O–H groups in total. The van der Waals surface area contributed by atoms with Gasteiger partial charge in [0.1, 0.15) is 0 Å². The van der Waals surface area contributed by atoms with Crippen LogP contribution in [0.3, 0.4) is 0 Å². The van der Waals surface area contributed by atoms with Crippen molar-refractivity contribution in [1.82, 2.24) is 9.29 Å². The van der Waals surface area contributed by atoms with Crippen molar-refractivity contribution in [1.29, 1.82) is 0 Å². The van der Waals surface area contributed by atoms with Crippen LogP contribution in [0.5, 0.6) is 0 Å². The van der Waals surface area contributed by atoms with Gasteiger partial charge in [0, 0.05) is 6.54 Å². The van der Waals surface area contributed by atoms with E-state index in [4.69, 9.17) is 9.84 Å². The topological polar surface area (TPSA) is 96.8 Å². The van der Waals surface area contributed by atoms with Gasteiger partial charge in [-0.2, -0.15) is 4.31 Å². The second-order valence-corrected chi connectivity index (χ2v) is 8.43. The van der Waals surface area contributed by atoms with Crippen molar-refractivity contribution in [3.05, 3.63) is 23.2 Å². The Hall–Kier alpha value is -1.55. The van der Waals surface area contributed by atoms with Gasteiger partial charge >= 0.3 is 5.97 Å². The van der Waals surface area contributed by atoms with E-state index in [1.807, 2.05) is 6.92 Å². The summed E-state index contributed by atoms with van der Waals surface area (Å²) in [5.74, 6) is -1.05. The van der Waals surface area contributed by atoms with E-state index in [2.05, 4.69) is 4.98 Å². The van der Waals surface area contributed by atoms with Gasteiger partial charge in [0.2, 0.25) is 10.0 Å². The lowest BCUT2D eigenvalue weighted by atomic mass is 10.2. The van der Waals surface area contributed by atoms with Crippen molar-refractivity contribution >= 4 is 37.5 Å². The molecule has 1 unspecified atom stereocenters. The number of ether oxygens (including phenoxy) is 1. The Morgan fingerprint density at radius 2 is 2.30 bits per heavy atom. The third-order valence-electron chi connectivity index (χ3n) is 3.66. The first-order valence-electron chi connectivity index (χ1n) is 7.06. The molecule has 1 fully saturated rings.